The molecule has 2 N–H and O–H groups in total. The average Bonchev–Trinajstić information content (AvgIpc) is 2.95. The highest BCUT2D eigenvalue weighted by Gasteiger charge is 2.43. The van der Waals surface area contributed by atoms with Gasteiger partial charge in [-0.2, -0.15) is 0 Å². The number of aromatic nitrogens is 2. The van der Waals surface area contributed by atoms with Crippen molar-refractivity contribution in [3.05, 3.63) is 83.7 Å². The Morgan fingerprint density at radius 3 is 2.22 bits per heavy atom. The smallest absolute Gasteiger partial charge is 0.244 e. The first-order valence-corrected chi connectivity index (χ1v) is 13.9. The van der Waals surface area contributed by atoms with E-state index in [-0.39, 0.29) is 49.4 Å². The van der Waals surface area contributed by atoms with Gasteiger partial charge >= 0.3 is 0 Å². The lowest BCUT2D eigenvalue weighted by Gasteiger charge is -2.48. The lowest BCUT2D eigenvalue weighted by molar-refractivity contribution is -0.151. The largest absolute Gasteiger partial charge is 0.393 e. The van der Waals surface area contributed by atoms with Crippen LogP contribution in [0.3, 0.4) is 0 Å². The van der Waals surface area contributed by atoms with Crippen molar-refractivity contribution in [1.29, 1.82) is 0 Å². The number of piperazine rings is 1. The van der Waals surface area contributed by atoms with Gasteiger partial charge in [0.2, 0.25) is 11.8 Å². The second-order valence-electron chi connectivity index (χ2n) is 10.9. The quantitative estimate of drug-likeness (QED) is 0.405. The number of carbonyl (C=O) groups is 2. The summed E-state index contributed by atoms with van der Waals surface area (Å²) in [4.78, 5) is 38.8. The Morgan fingerprint density at radius 1 is 1.00 bits per heavy atom. The van der Waals surface area contributed by atoms with Crippen LogP contribution >= 0.6 is 0 Å². The van der Waals surface area contributed by atoms with Crippen LogP contribution in [0.25, 0.3) is 11.4 Å². The maximum absolute atomic E-state index is 14.9. The Hall–Kier alpha value is -3.76. The summed E-state index contributed by atoms with van der Waals surface area (Å²) >= 11 is 0. The Bertz CT molecular complexity index is 1320. The Balaban J connectivity index is 1.57. The van der Waals surface area contributed by atoms with E-state index in [4.69, 9.17) is 0 Å². The molecule has 1 unspecified atom stereocenters. The van der Waals surface area contributed by atoms with E-state index in [9.17, 15) is 23.5 Å². The molecule has 0 radical (unpaired) electrons. The van der Waals surface area contributed by atoms with E-state index in [0.717, 1.165) is 11.1 Å². The molecule has 8 nitrogen and oxygen atoms in total. The predicted octanol–water partition coefficient (Wildman–Crippen LogP) is 4.11. The second-order valence-corrected chi connectivity index (χ2v) is 10.9. The zero-order valence-electron chi connectivity index (χ0n) is 23.8. The monoisotopic (exact) mass is 565 g/mol. The fourth-order valence-electron chi connectivity index (χ4n) is 5.38. The summed E-state index contributed by atoms with van der Waals surface area (Å²) in [7, 11) is 0. The highest BCUT2D eigenvalue weighted by molar-refractivity contribution is 5.89. The van der Waals surface area contributed by atoms with Crippen LogP contribution < -0.4 is 5.32 Å². The maximum atomic E-state index is 14.9. The Labute approximate surface area is 239 Å². The molecule has 2 heterocycles. The first kappa shape index (κ1) is 30.2. The van der Waals surface area contributed by atoms with Crippen LogP contribution in [0.2, 0.25) is 0 Å². The molecule has 1 aliphatic rings. The lowest BCUT2D eigenvalue weighted by Crippen LogP contribution is -2.65. The third-order valence-corrected chi connectivity index (χ3v) is 7.35. The molecule has 3 aromatic rings. The summed E-state index contributed by atoms with van der Waals surface area (Å²) in [5.41, 5.74) is 1.54. The van der Waals surface area contributed by atoms with E-state index in [0.29, 0.717) is 5.82 Å². The zero-order chi connectivity index (χ0) is 29.7. The molecule has 2 aromatic carbocycles. The number of carbonyl (C=O) groups excluding carboxylic acids is 2. The number of aliphatic hydroxyl groups excluding tert-OH is 1. The second kappa shape index (κ2) is 13.3. The number of nitrogens with zero attached hydrogens (tertiary/aromatic N) is 4. The molecule has 0 saturated carbocycles. The third kappa shape index (κ3) is 7.12. The van der Waals surface area contributed by atoms with Crippen LogP contribution in [0.1, 0.15) is 51.3 Å². The van der Waals surface area contributed by atoms with Gasteiger partial charge < -0.3 is 15.3 Å². The van der Waals surface area contributed by atoms with Crippen molar-refractivity contribution in [2.45, 2.75) is 64.9 Å². The van der Waals surface area contributed by atoms with Crippen LogP contribution in [-0.4, -0.2) is 68.0 Å². The molecule has 0 bridgehead atoms. The minimum Gasteiger partial charge on any atom is -0.393 e. The number of halogens is 2. The minimum atomic E-state index is -0.892. The standard InChI is InChI=1S/C31H37F2N5O3/c1-19(2)31(41)38-20(3)17-37(26(15-21(4)39)28-24(32)7-5-8-25(28)33)18-27(38)30(40)36-16-22-9-11-23(12-10-22)29-34-13-6-14-35-29/h5-14,19-21,26-27,39H,15-18H2,1-4H3,(H,36,40)/t20-,21?,26-,27-/m1/s1. The van der Waals surface area contributed by atoms with E-state index >= 15 is 0 Å². The number of benzene rings is 2. The molecule has 10 heteroatoms. The Morgan fingerprint density at radius 2 is 1.63 bits per heavy atom. The fourth-order valence-corrected chi connectivity index (χ4v) is 5.38. The van der Waals surface area contributed by atoms with Crippen molar-refractivity contribution in [3.8, 4) is 11.4 Å². The van der Waals surface area contributed by atoms with Gasteiger partial charge in [-0.15, -0.1) is 0 Å². The summed E-state index contributed by atoms with van der Waals surface area (Å²) in [6.45, 7) is 7.52. The van der Waals surface area contributed by atoms with E-state index < -0.39 is 35.9 Å². The van der Waals surface area contributed by atoms with Crippen molar-refractivity contribution in [3.63, 3.8) is 0 Å². The van der Waals surface area contributed by atoms with Crippen LogP contribution in [-0.2, 0) is 16.1 Å². The summed E-state index contributed by atoms with van der Waals surface area (Å²) in [6.07, 6.45) is 2.55. The van der Waals surface area contributed by atoms with Gasteiger partial charge in [0.05, 0.1) is 6.10 Å². The van der Waals surface area contributed by atoms with Crippen LogP contribution in [0.4, 0.5) is 8.78 Å². The molecule has 0 aliphatic carbocycles. The summed E-state index contributed by atoms with van der Waals surface area (Å²) in [5, 5.41) is 13.2. The van der Waals surface area contributed by atoms with Gasteiger partial charge in [-0.1, -0.05) is 44.2 Å². The topological polar surface area (TPSA) is 98.7 Å². The number of hydrogen-bond donors (Lipinski definition) is 2. The molecule has 4 atom stereocenters. The van der Waals surface area contributed by atoms with Crippen molar-refractivity contribution in [1.82, 2.24) is 25.1 Å². The van der Waals surface area contributed by atoms with E-state index in [1.54, 1.807) is 44.1 Å². The number of nitrogens with one attached hydrogen (secondary N) is 1. The van der Waals surface area contributed by atoms with Crippen LogP contribution in [0.15, 0.2) is 60.9 Å². The average molecular weight is 566 g/mol. The van der Waals surface area contributed by atoms with Gasteiger partial charge in [0, 0.05) is 61.2 Å². The van der Waals surface area contributed by atoms with Crippen molar-refractivity contribution < 1.29 is 23.5 Å². The maximum Gasteiger partial charge on any atom is 0.244 e. The summed E-state index contributed by atoms with van der Waals surface area (Å²) in [5.74, 6) is -1.71. The van der Waals surface area contributed by atoms with Gasteiger partial charge in [-0.3, -0.25) is 14.5 Å². The van der Waals surface area contributed by atoms with E-state index in [1.165, 1.54) is 18.2 Å². The van der Waals surface area contributed by atoms with Gasteiger partial charge in [0.25, 0.3) is 0 Å². The van der Waals surface area contributed by atoms with Gasteiger partial charge in [-0.25, -0.2) is 18.7 Å². The SMILES string of the molecule is CC(O)C[C@H](c1c(F)cccc1F)N1C[C@@H](C)N(C(=O)C(C)C)[C@@H](C(=O)NCc2ccc(-c3ncccn3)cc2)C1. The van der Waals surface area contributed by atoms with Crippen LogP contribution in [0, 0.1) is 17.6 Å². The summed E-state index contributed by atoms with van der Waals surface area (Å²) in [6, 6.07) is 10.8. The van der Waals surface area contributed by atoms with Crippen molar-refractivity contribution in [2.24, 2.45) is 5.92 Å². The van der Waals surface area contributed by atoms with Crippen molar-refractivity contribution in [2.75, 3.05) is 13.1 Å². The van der Waals surface area contributed by atoms with Crippen LogP contribution in [0.5, 0.6) is 0 Å². The molecule has 1 aliphatic heterocycles. The first-order chi connectivity index (χ1) is 19.6. The summed E-state index contributed by atoms with van der Waals surface area (Å²) < 4.78 is 29.8. The highest BCUT2D eigenvalue weighted by Crippen LogP contribution is 2.34. The van der Waals surface area contributed by atoms with Gasteiger partial charge in [0.1, 0.15) is 17.7 Å². The molecule has 1 aromatic heterocycles. The minimum absolute atomic E-state index is 0.0596. The number of hydrogen-bond acceptors (Lipinski definition) is 6. The van der Waals surface area contributed by atoms with Gasteiger partial charge in [-0.05, 0) is 44.0 Å². The number of rotatable bonds is 9. The number of aliphatic hydroxyl groups is 1. The molecule has 4 rings (SSSR count). The molecule has 0 spiro atoms. The molecular formula is C31H37F2N5O3. The lowest BCUT2D eigenvalue weighted by atomic mass is 9.94. The Kier molecular flexibility index (Phi) is 9.77. The zero-order valence-corrected chi connectivity index (χ0v) is 23.8. The fraction of sp³-hybridized carbons (Fsp3) is 0.419. The van der Waals surface area contributed by atoms with Gasteiger partial charge in [0.15, 0.2) is 5.82 Å². The van der Waals surface area contributed by atoms with E-state index in [2.05, 4.69) is 15.3 Å². The molecule has 1 fully saturated rings. The molecule has 2 amide bonds. The molecule has 1 saturated heterocycles. The predicted molar refractivity (Wildman–Crippen MR) is 151 cm³/mol. The van der Waals surface area contributed by atoms with E-state index in [1.807, 2.05) is 36.1 Å². The highest BCUT2D eigenvalue weighted by atomic mass is 19.1. The van der Waals surface area contributed by atoms with Crippen molar-refractivity contribution >= 4 is 11.8 Å². The molecule has 218 valence electrons. The third-order valence-electron chi connectivity index (χ3n) is 7.35. The molecule has 41 heavy (non-hydrogen) atoms. The first-order valence-electron chi connectivity index (χ1n) is 13.9. The molecular weight excluding hydrogens is 528 g/mol. The number of amides is 2. The normalized spacial score (nSPS) is 19.2.